The van der Waals surface area contributed by atoms with Gasteiger partial charge in [-0.25, -0.2) is 19.2 Å². The second-order valence-corrected chi connectivity index (χ2v) is 3.37. The molecule has 2 N–H and O–H groups in total. The Morgan fingerprint density at radius 3 is 2.88 bits per heavy atom. The average molecular weight is 225 g/mol. The Kier molecular flexibility index (Phi) is 3.13. The van der Waals surface area contributed by atoms with Crippen molar-refractivity contribution < 1.29 is 9.18 Å². The van der Waals surface area contributed by atoms with Gasteiger partial charge in [-0.15, -0.1) is 0 Å². The fourth-order valence-electron chi connectivity index (χ4n) is 1.43. The van der Waals surface area contributed by atoms with E-state index >= 15 is 0 Å². The van der Waals surface area contributed by atoms with E-state index in [9.17, 15) is 9.18 Å². The summed E-state index contributed by atoms with van der Waals surface area (Å²) in [5.41, 5.74) is 0. The van der Waals surface area contributed by atoms with Gasteiger partial charge in [0.15, 0.2) is 5.82 Å². The molecule has 0 radical (unpaired) electrons. The van der Waals surface area contributed by atoms with Gasteiger partial charge in [-0.1, -0.05) is 0 Å². The number of nitrogens with one attached hydrogen (secondary N) is 2. The van der Waals surface area contributed by atoms with E-state index in [1.165, 1.54) is 0 Å². The lowest BCUT2D eigenvalue weighted by molar-refractivity contribution is 0.219. The fourth-order valence-corrected chi connectivity index (χ4v) is 1.43. The molecule has 1 fully saturated rings. The molecule has 2 rings (SSSR count). The Morgan fingerprint density at radius 2 is 2.25 bits per heavy atom. The maximum Gasteiger partial charge on any atom is 0.317 e. The zero-order valence-electron chi connectivity index (χ0n) is 8.61. The standard InChI is InChI=1S/C9H12FN5O/c10-7-5-13-8(14-6-7)11-1-3-15-4-2-12-9(15)16/h5-6H,1-4H2,(H,12,16)(H,11,13,14). The van der Waals surface area contributed by atoms with Crippen molar-refractivity contribution in [3.63, 3.8) is 0 Å². The predicted molar refractivity (Wildman–Crippen MR) is 55.5 cm³/mol. The van der Waals surface area contributed by atoms with Crippen LogP contribution in [0.4, 0.5) is 15.1 Å². The van der Waals surface area contributed by atoms with E-state index in [1.807, 2.05) is 0 Å². The van der Waals surface area contributed by atoms with Crippen molar-refractivity contribution in [2.45, 2.75) is 0 Å². The summed E-state index contributed by atoms with van der Waals surface area (Å²) in [5.74, 6) is -0.106. The van der Waals surface area contributed by atoms with Crippen molar-refractivity contribution in [2.24, 2.45) is 0 Å². The third-order valence-corrected chi connectivity index (χ3v) is 2.23. The Hall–Kier alpha value is -1.92. The first-order valence-corrected chi connectivity index (χ1v) is 5.00. The van der Waals surface area contributed by atoms with Crippen molar-refractivity contribution in [1.29, 1.82) is 0 Å². The number of hydrogen-bond donors (Lipinski definition) is 2. The molecule has 86 valence electrons. The summed E-state index contributed by atoms with van der Waals surface area (Å²) in [6, 6.07) is -0.0539. The molecule has 1 aromatic heterocycles. The van der Waals surface area contributed by atoms with E-state index in [1.54, 1.807) is 4.90 Å². The molecule has 1 aliphatic rings. The highest BCUT2D eigenvalue weighted by Gasteiger charge is 2.18. The van der Waals surface area contributed by atoms with Crippen LogP contribution in [0.1, 0.15) is 0 Å². The topological polar surface area (TPSA) is 70.2 Å². The first-order chi connectivity index (χ1) is 7.75. The summed E-state index contributed by atoms with van der Waals surface area (Å²) < 4.78 is 12.5. The molecule has 1 aromatic rings. The number of hydrogen-bond acceptors (Lipinski definition) is 4. The molecular formula is C9H12FN5O. The number of aromatic nitrogens is 2. The van der Waals surface area contributed by atoms with Crippen LogP contribution < -0.4 is 10.6 Å². The van der Waals surface area contributed by atoms with E-state index in [4.69, 9.17) is 0 Å². The van der Waals surface area contributed by atoms with Crippen LogP contribution in [0.25, 0.3) is 0 Å². The smallest absolute Gasteiger partial charge is 0.317 e. The number of carbonyl (C=O) groups excluding carboxylic acids is 1. The first-order valence-electron chi connectivity index (χ1n) is 5.00. The Balaban J connectivity index is 1.75. The number of anilines is 1. The molecule has 1 saturated heterocycles. The SMILES string of the molecule is O=C1NCCN1CCNc1ncc(F)cn1. The minimum atomic E-state index is -0.468. The summed E-state index contributed by atoms with van der Waals surface area (Å²) in [5, 5.41) is 5.61. The molecule has 0 aliphatic carbocycles. The Labute approximate surface area is 91.9 Å². The summed E-state index contributed by atoms with van der Waals surface area (Å²) in [6.45, 7) is 2.52. The third kappa shape index (κ3) is 2.56. The van der Waals surface area contributed by atoms with Crippen molar-refractivity contribution >= 4 is 12.0 Å². The van der Waals surface area contributed by atoms with E-state index in [2.05, 4.69) is 20.6 Å². The van der Waals surface area contributed by atoms with Crippen LogP contribution in [0.2, 0.25) is 0 Å². The van der Waals surface area contributed by atoms with E-state index < -0.39 is 5.82 Å². The molecule has 0 atom stereocenters. The molecule has 0 saturated carbocycles. The van der Waals surface area contributed by atoms with E-state index in [0.717, 1.165) is 12.4 Å². The molecule has 16 heavy (non-hydrogen) atoms. The van der Waals surface area contributed by atoms with Crippen molar-refractivity contribution in [2.75, 3.05) is 31.5 Å². The first kappa shape index (κ1) is 10.6. The zero-order valence-corrected chi connectivity index (χ0v) is 8.61. The molecule has 7 heteroatoms. The second kappa shape index (κ2) is 4.73. The van der Waals surface area contributed by atoms with Crippen LogP contribution in [0.5, 0.6) is 0 Å². The highest BCUT2D eigenvalue weighted by Crippen LogP contribution is 1.99. The monoisotopic (exact) mass is 225 g/mol. The van der Waals surface area contributed by atoms with Gasteiger partial charge in [-0.05, 0) is 0 Å². The van der Waals surface area contributed by atoms with Crippen molar-refractivity contribution in [3.05, 3.63) is 18.2 Å². The highest BCUT2D eigenvalue weighted by molar-refractivity contribution is 5.76. The molecular weight excluding hydrogens is 213 g/mol. The normalized spacial score (nSPS) is 15.1. The minimum absolute atomic E-state index is 0.0539. The summed E-state index contributed by atoms with van der Waals surface area (Å²) >= 11 is 0. The van der Waals surface area contributed by atoms with Crippen LogP contribution in [-0.4, -0.2) is 47.1 Å². The average Bonchev–Trinajstić information content (AvgIpc) is 2.68. The molecule has 0 unspecified atom stereocenters. The molecule has 2 heterocycles. The lowest BCUT2D eigenvalue weighted by Crippen LogP contribution is -2.32. The quantitative estimate of drug-likeness (QED) is 0.759. The number of halogens is 1. The van der Waals surface area contributed by atoms with E-state index in [0.29, 0.717) is 32.1 Å². The third-order valence-electron chi connectivity index (χ3n) is 2.23. The fraction of sp³-hybridized carbons (Fsp3) is 0.444. The molecule has 6 nitrogen and oxygen atoms in total. The van der Waals surface area contributed by atoms with E-state index in [-0.39, 0.29) is 6.03 Å². The highest BCUT2D eigenvalue weighted by atomic mass is 19.1. The largest absolute Gasteiger partial charge is 0.352 e. The van der Waals surface area contributed by atoms with Gasteiger partial charge < -0.3 is 15.5 Å². The second-order valence-electron chi connectivity index (χ2n) is 3.37. The number of carbonyl (C=O) groups is 1. The maximum atomic E-state index is 12.5. The number of nitrogens with zero attached hydrogens (tertiary/aromatic N) is 3. The lowest BCUT2D eigenvalue weighted by Gasteiger charge is -2.13. The molecule has 0 spiro atoms. The lowest BCUT2D eigenvalue weighted by atomic mass is 10.5. The minimum Gasteiger partial charge on any atom is -0.352 e. The molecule has 0 bridgehead atoms. The molecule has 0 aromatic carbocycles. The van der Waals surface area contributed by atoms with Gasteiger partial charge in [-0.2, -0.15) is 0 Å². The van der Waals surface area contributed by atoms with Gasteiger partial charge in [0.1, 0.15) is 0 Å². The van der Waals surface area contributed by atoms with Crippen LogP contribution in [0, 0.1) is 5.82 Å². The number of rotatable bonds is 4. The van der Waals surface area contributed by atoms with Gasteiger partial charge in [0.05, 0.1) is 12.4 Å². The van der Waals surface area contributed by atoms with Crippen molar-refractivity contribution in [1.82, 2.24) is 20.2 Å². The van der Waals surface area contributed by atoms with Crippen LogP contribution in [-0.2, 0) is 0 Å². The van der Waals surface area contributed by atoms with Crippen LogP contribution in [0.3, 0.4) is 0 Å². The van der Waals surface area contributed by atoms with Crippen LogP contribution >= 0.6 is 0 Å². The van der Waals surface area contributed by atoms with Gasteiger partial charge in [0.2, 0.25) is 5.95 Å². The van der Waals surface area contributed by atoms with Crippen molar-refractivity contribution in [3.8, 4) is 0 Å². The van der Waals surface area contributed by atoms with Gasteiger partial charge in [0.25, 0.3) is 0 Å². The van der Waals surface area contributed by atoms with Gasteiger partial charge in [-0.3, -0.25) is 0 Å². The predicted octanol–water partition coefficient (Wildman–Crippen LogP) is 0.0528. The Morgan fingerprint density at radius 1 is 1.50 bits per heavy atom. The molecule has 1 aliphatic heterocycles. The summed E-state index contributed by atoms with van der Waals surface area (Å²) in [6.07, 6.45) is 2.19. The maximum absolute atomic E-state index is 12.5. The zero-order chi connectivity index (χ0) is 11.4. The summed E-state index contributed by atoms with van der Waals surface area (Å²) in [4.78, 5) is 20.3. The number of amides is 2. The number of urea groups is 1. The van der Waals surface area contributed by atoms with Crippen LogP contribution in [0.15, 0.2) is 12.4 Å². The molecule has 2 amide bonds. The Bertz CT molecular complexity index is 369. The van der Waals surface area contributed by atoms with Gasteiger partial charge >= 0.3 is 6.03 Å². The van der Waals surface area contributed by atoms with Gasteiger partial charge in [0, 0.05) is 26.2 Å². The summed E-state index contributed by atoms with van der Waals surface area (Å²) in [7, 11) is 0.